The van der Waals surface area contributed by atoms with Crippen molar-refractivity contribution in [3.05, 3.63) is 34.6 Å². The summed E-state index contributed by atoms with van der Waals surface area (Å²) in [6.45, 7) is 5.25. The van der Waals surface area contributed by atoms with Gasteiger partial charge >= 0.3 is 0 Å². The first-order chi connectivity index (χ1) is 9.61. The molecule has 1 N–H and O–H groups in total. The maximum Gasteiger partial charge on any atom is 0.125 e. The highest BCUT2D eigenvalue weighted by atomic mass is 35.5. The number of hydrogen-bond acceptors (Lipinski definition) is 2. The maximum absolute atomic E-state index is 13.6. The van der Waals surface area contributed by atoms with Crippen LogP contribution in [0.5, 0.6) is 0 Å². The second-order valence-electron chi connectivity index (χ2n) is 5.73. The van der Waals surface area contributed by atoms with E-state index in [9.17, 15) is 4.39 Å². The molecular weight excluding hydrogens is 275 g/mol. The lowest BCUT2D eigenvalue weighted by Gasteiger charge is -2.40. The lowest BCUT2D eigenvalue weighted by Crippen LogP contribution is -2.40. The summed E-state index contributed by atoms with van der Waals surface area (Å²) in [7, 11) is 2.12. The molecule has 0 bridgehead atoms. The summed E-state index contributed by atoms with van der Waals surface area (Å²) in [5, 5.41) is 3.99. The highest BCUT2D eigenvalue weighted by Gasteiger charge is 2.30. The standard InChI is InChI=1S/C16H24ClFN2/c1-3-6-19-11-12-5-4-7-20(2)16(12)13-8-14(17)10-15(18)9-13/h8-10,12,16,19H,3-7,11H2,1-2H3. The molecule has 0 aliphatic carbocycles. The minimum Gasteiger partial charge on any atom is -0.316 e. The van der Waals surface area contributed by atoms with E-state index in [0.29, 0.717) is 10.9 Å². The lowest BCUT2D eigenvalue weighted by molar-refractivity contribution is 0.119. The molecule has 1 aromatic carbocycles. The maximum atomic E-state index is 13.6. The van der Waals surface area contributed by atoms with Crippen LogP contribution in [0.15, 0.2) is 18.2 Å². The third-order valence-electron chi connectivity index (χ3n) is 4.07. The van der Waals surface area contributed by atoms with Crippen LogP contribution in [0, 0.1) is 11.7 Å². The van der Waals surface area contributed by atoms with Crippen molar-refractivity contribution in [3.8, 4) is 0 Å². The van der Waals surface area contributed by atoms with Crippen LogP contribution in [0.3, 0.4) is 0 Å². The predicted octanol–water partition coefficient (Wildman–Crippen LogP) is 3.86. The Bertz CT molecular complexity index is 418. The molecule has 2 nitrogen and oxygen atoms in total. The number of nitrogens with one attached hydrogen (secondary N) is 1. The third-order valence-corrected chi connectivity index (χ3v) is 4.29. The summed E-state index contributed by atoms with van der Waals surface area (Å²) in [5.41, 5.74) is 1.00. The Morgan fingerprint density at radius 3 is 2.90 bits per heavy atom. The van der Waals surface area contributed by atoms with E-state index in [0.717, 1.165) is 31.6 Å². The zero-order valence-corrected chi connectivity index (χ0v) is 13.1. The van der Waals surface area contributed by atoms with Gasteiger partial charge in [0.2, 0.25) is 0 Å². The van der Waals surface area contributed by atoms with Crippen LogP contribution < -0.4 is 5.32 Å². The number of hydrogen-bond donors (Lipinski definition) is 1. The van der Waals surface area contributed by atoms with E-state index in [-0.39, 0.29) is 11.9 Å². The van der Waals surface area contributed by atoms with Gasteiger partial charge < -0.3 is 5.32 Å². The van der Waals surface area contributed by atoms with Crippen molar-refractivity contribution in [2.75, 3.05) is 26.7 Å². The van der Waals surface area contributed by atoms with Crippen LogP contribution in [0.1, 0.15) is 37.8 Å². The van der Waals surface area contributed by atoms with Gasteiger partial charge in [0.25, 0.3) is 0 Å². The molecule has 0 amide bonds. The molecule has 1 aliphatic heterocycles. The molecule has 0 radical (unpaired) electrons. The van der Waals surface area contributed by atoms with E-state index in [1.165, 1.54) is 18.9 Å². The Labute approximate surface area is 126 Å². The normalized spacial score (nSPS) is 24.0. The van der Waals surface area contributed by atoms with Crippen molar-refractivity contribution in [3.63, 3.8) is 0 Å². The molecule has 1 fully saturated rings. The van der Waals surface area contributed by atoms with Crippen LogP contribution in [0.25, 0.3) is 0 Å². The Balaban J connectivity index is 2.18. The summed E-state index contributed by atoms with van der Waals surface area (Å²) in [6, 6.07) is 5.16. The van der Waals surface area contributed by atoms with E-state index in [1.807, 2.05) is 6.07 Å². The number of nitrogens with zero attached hydrogens (tertiary/aromatic N) is 1. The van der Waals surface area contributed by atoms with E-state index in [1.54, 1.807) is 6.07 Å². The zero-order chi connectivity index (χ0) is 14.5. The molecule has 112 valence electrons. The number of likely N-dealkylation sites (tertiary alicyclic amines) is 1. The van der Waals surface area contributed by atoms with Crippen molar-refractivity contribution < 1.29 is 4.39 Å². The summed E-state index contributed by atoms with van der Waals surface area (Å²) >= 11 is 6.02. The van der Waals surface area contributed by atoms with Gasteiger partial charge in [-0.3, -0.25) is 4.90 Å². The molecular formula is C16H24ClFN2. The monoisotopic (exact) mass is 298 g/mol. The van der Waals surface area contributed by atoms with E-state index >= 15 is 0 Å². The minimum absolute atomic E-state index is 0.244. The van der Waals surface area contributed by atoms with E-state index in [4.69, 9.17) is 11.6 Å². The number of rotatable bonds is 5. The fourth-order valence-electron chi connectivity index (χ4n) is 3.21. The Kier molecular flexibility index (Phi) is 5.82. The molecule has 2 atom stereocenters. The van der Waals surface area contributed by atoms with Crippen molar-refractivity contribution in [1.82, 2.24) is 10.2 Å². The van der Waals surface area contributed by atoms with Gasteiger partial charge in [-0.05, 0) is 75.6 Å². The quantitative estimate of drug-likeness (QED) is 0.830. The topological polar surface area (TPSA) is 15.3 Å². The Morgan fingerprint density at radius 2 is 2.20 bits per heavy atom. The third kappa shape index (κ3) is 3.94. The Morgan fingerprint density at radius 1 is 1.40 bits per heavy atom. The molecule has 0 saturated carbocycles. The molecule has 1 aliphatic rings. The summed E-state index contributed by atoms with van der Waals surface area (Å²) in [4.78, 5) is 2.33. The zero-order valence-electron chi connectivity index (χ0n) is 12.3. The molecule has 0 aromatic heterocycles. The minimum atomic E-state index is -0.244. The van der Waals surface area contributed by atoms with Crippen LogP contribution in [-0.2, 0) is 0 Å². The molecule has 1 saturated heterocycles. The summed E-state index contributed by atoms with van der Waals surface area (Å²) in [6.07, 6.45) is 3.52. The van der Waals surface area contributed by atoms with Crippen LogP contribution in [0.2, 0.25) is 5.02 Å². The van der Waals surface area contributed by atoms with E-state index in [2.05, 4.69) is 24.2 Å². The highest BCUT2D eigenvalue weighted by Crippen LogP contribution is 2.35. The van der Waals surface area contributed by atoms with Crippen LogP contribution in [0.4, 0.5) is 4.39 Å². The smallest absolute Gasteiger partial charge is 0.125 e. The SMILES string of the molecule is CCCNCC1CCCN(C)C1c1cc(F)cc(Cl)c1. The van der Waals surface area contributed by atoms with Crippen molar-refractivity contribution in [2.24, 2.45) is 5.92 Å². The van der Waals surface area contributed by atoms with Gasteiger partial charge in [-0.15, -0.1) is 0 Å². The highest BCUT2D eigenvalue weighted by molar-refractivity contribution is 6.30. The van der Waals surface area contributed by atoms with Gasteiger partial charge in [-0.25, -0.2) is 4.39 Å². The van der Waals surface area contributed by atoms with Crippen molar-refractivity contribution in [1.29, 1.82) is 0 Å². The van der Waals surface area contributed by atoms with Crippen molar-refractivity contribution in [2.45, 2.75) is 32.2 Å². The van der Waals surface area contributed by atoms with Crippen molar-refractivity contribution >= 4 is 11.6 Å². The Hall–Kier alpha value is -0.640. The first-order valence-electron chi connectivity index (χ1n) is 7.48. The average Bonchev–Trinajstić information content (AvgIpc) is 2.38. The van der Waals surface area contributed by atoms with Crippen LogP contribution >= 0.6 is 11.6 Å². The first kappa shape index (κ1) is 15.7. The number of halogens is 2. The van der Waals surface area contributed by atoms with Crippen LogP contribution in [-0.4, -0.2) is 31.6 Å². The van der Waals surface area contributed by atoms with Gasteiger partial charge in [-0.2, -0.15) is 0 Å². The first-order valence-corrected chi connectivity index (χ1v) is 7.86. The second-order valence-corrected chi connectivity index (χ2v) is 6.17. The lowest BCUT2D eigenvalue weighted by atomic mass is 9.85. The molecule has 1 heterocycles. The average molecular weight is 299 g/mol. The summed E-state index contributed by atoms with van der Waals surface area (Å²) in [5.74, 6) is 0.268. The number of piperidine rings is 1. The van der Waals surface area contributed by atoms with Gasteiger partial charge in [0, 0.05) is 11.1 Å². The number of benzene rings is 1. The largest absolute Gasteiger partial charge is 0.316 e. The molecule has 4 heteroatoms. The molecule has 2 rings (SSSR count). The molecule has 20 heavy (non-hydrogen) atoms. The van der Waals surface area contributed by atoms with E-state index < -0.39 is 0 Å². The van der Waals surface area contributed by atoms with Gasteiger partial charge in [0.15, 0.2) is 0 Å². The summed E-state index contributed by atoms with van der Waals surface area (Å²) < 4.78 is 13.6. The molecule has 0 spiro atoms. The molecule has 2 unspecified atom stereocenters. The van der Waals surface area contributed by atoms with Gasteiger partial charge in [0.1, 0.15) is 5.82 Å². The second kappa shape index (κ2) is 7.39. The molecule has 1 aromatic rings. The fourth-order valence-corrected chi connectivity index (χ4v) is 3.44. The predicted molar refractivity (Wildman–Crippen MR) is 82.7 cm³/mol. The van der Waals surface area contributed by atoms with Gasteiger partial charge in [0.05, 0.1) is 0 Å². The fraction of sp³-hybridized carbons (Fsp3) is 0.625. The van der Waals surface area contributed by atoms with Gasteiger partial charge in [-0.1, -0.05) is 18.5 Å².